The lowest BCUT2D eigenvalue weighted by Crippen LogP contribution is -2.09. The van der Waals surface area contributed by atoms with Gasteiger partial charge in [0.1, 0.15) is 0 Å². The zero-order chi connectivity index (χ0) is 34.4. The molecule has 0 saturated carbocycles. The Morgan fingerprint density at radius 2 is 0.538 bits per heavy atom. The number of rotatable bonds is 7. The van der Waals surface area contributed by atoms with Crippen LogP contribution >= 0.6 is 34.0 Å². The molecule has 3 heterocycles. The van der Waals surface area contributed by atoms with Crippen LogP contribution in [0.1, 0.15) is 0 Å². The van der Waals surface area contributed by atoms with Gasteiger partial charge in [0.05, 0.1) is 0 Å². The zero-order valence-corrected chi connectivity index (χ0v) is 30.5. The predicted molar refractivity (Wildman–Crippen MR) is 229 cm³/mol. The Kier molecular flexibility index (Phi) is 7.80. The lowest BCUT2D eigenvalue weighted by atomic mass is 9.99. The molecule has 3 aromatic heterocycles. The third kappa shape index (κ3) is 5.53. The van der Waals surface area contributed by atoms with Gasteiger partial charge in [0.2, 0.25) is 0 Å². The summed E-state index contributed by atoms with van der Waals surface area (Å²) < 4.78 is 3.96. The van der Waals surface area contributed by atoms with Gasteiger partial charge in [0.25, 0.3) is 0 Å². The fraction of sp³-hybridized carbons (Fsp3) is 0. The number of benzene rings is 7. The minimum atomic E-state index is 1.12. The van der Waals surface area contributed by atoms with Crippen molar-refractivity contribution in [3.8, 4) is 44.5 Å². The molecule has 10 rings (SSSR count). The summed E-state index contributed by atoms with van der Waals surface area (Å²) in [5.41, 5.74) is 13.4. The smallest absolute Gasteiger partial charge is 0.0462 e. The van der Waals surface area contributed by atoms with Crippen LogP contribution in [0.5, 0.6) is 0 Å². The van der Waals surface area contributed by atoms with Gasteiger partial charge in [0.15, 0.2) is 0 Å². The van der Waals surface area contributed by atoms with Gasteiger partial charge in [-0.05, 0) is 98.6 Å². The Labute approximate surface area is 314 Å². The molecule has 0 spiro atoms. The summed E-state index contributed by atoms with van der Waals surface area (Å²) >= 11 is 5.41. The van der Waals surface area contributed by atoms with Gasteiger partial charge in [0, 0.05) is 64.0 Å². The average molecular weight is 718 g/mol. The van der Waals surface area contributed by atoms with Crippen LogP contribution in [-0.4, -0.2) is 0 Å². The molecule has 0 atom stereocenters. The van der Waals surface area contributed by atoms with Crippen LogP contribution in [0.25, 0.3) is 74.8 Å². The maximum absolute atomic E-state index is 2.36. The Morgan fingerprint density at radius 3 is 0.885 bits per heavy atom. The molecule has 7 aromatic carbocycles. The van der Waals surface area contributed by atoms with Crippen molar-refractivity contribution in [2.24, 2.45) is 0 Å². The van der Waals surface area contributed by atoms with Crippen molar-refractivity contribution in [1.82, 2.24) is 0 Å². The van der Waals surface area contributed by atoms with E-state index in [1.54, 1.807) is 34.0 Å². The predicted octanol–water partition coefficient (Wildman–Crippen LogP) is 15.5. The molecule has 0 aliphatic carbocycles. The maximum Gasteiger partial charge on any atom is 0.0462 e. The van der Waals surface area contributed by atoms with Gasteiger partial charge in [-0.1, -0.05) is 115 Å². The maximum atomic E-state index is 2.36. The molecule has 4 heteroatoms. The fourth-order valence-corrected chi connectivity index (χ4v) is 10.2. The Morgan fingerprint density at radius 1 is 0.269 bits per heavy atom. The second kappa shape index (κ2) is 13.1. The molecular formula is C48H31NS3. The highest BCUT2D eigenvalue weighted by molar-refractivity contribution is 7.18. The van der Waals surface area contributed by atoms with Crippen molar-refractivity contribution in [2.75, 3.05) is 4.90 Å². The fourth-order valence-electron chi connectivity index (χ4n) is 7.28. The van der Waals surface area contributed by atoms with Crippen LogP contribution in [0.3, 0.4) is 0 Å². The van der Waals surface area contributed by atoms with Crippen LogP contribution in [0, 0.1) is 0 Å². The van der Waals surface area contributed by atoms with E-state index < -0.39 is 0 Å². The van der Waals surface area contributed by atoms with Crippen molar-refractivity contribution in [2.45, 2.75) is 0 Å². The zero-order valence-electron chi connectivity index (χ0n) is 28.1. The molecule has 0 aliphatic rings. The molecule has 246 valence electrons. The summed E-state index contributed by atoms with van der Waals surface area (Å²) in [5, 5.41) is 10.8. The van der Waals surface area contributed by atoms with E-state index in [9.17, 15) is 0 Å². The summed E-state index contributed by atoms with van der Waals surface area (Å²) in [4.78, 5) is 2.36. The molecule has 10 aromatic rings. The number of fused-ring (bicyclic) bond motifs is 3. The van der Waals surface area contributed by atoms with Crippen LogP contribution in [-0.2, 0) is 0 Å². The summed E-state index contributed by atoms with van der Waals surface area (Å²) in [5.74, 6) is 0. The van der Waals surface area contributed by atoms with Crippen molar-refractivity contribution in [1.29, 1.82) is 0 Å². The third-order valence-corrected chi connectivity index (χ3v) is 12.9. The molecule has 0 radical (unpaired) electrons. The highest BCUT2D eigenvalue weighted by atomic mass is 32.1. The van der Waals surface area contributed by atoms with Crippen molar-refractivity contribution in [3.63, 3.8) is 0 Å². The standard InChI is InChI=1S/C48H31NS3/c1-4-10-46-40(7-1)43(29-50-46)34-15-13-32(14-16-34)33-17-23-37(24-18-33)49(38-25-19-35(20-26-38)44-30-51-47-11-5-2-8-41(44)47)39-27-21-36(22-28-39)45-31-52-48-12-6-3-9-42(45)48/h1-31H. The summed E-state index contributed by atoms with van der Waals surface area (Å²) in [6.07, 6.45) is 0. The molecule has 0 saturated heterocycles. The molecular weight excluding hydrogens is 687 g/mol. The largest absolute Gasteiger partial charge is 0.311 e. The highest BCUT2D eigenvalue weighted by Crippen LogP contribution is 2.41. The second-order valence-corrected chi connectivity index (χ2v) is 15.7. The van der Waals surface area contributed by atoms with E-state index in [0.717, 1.165) is 17.1 Å². The first kappa shape index (κ1) is 31.0. The van der Waals surface area contributed by atoms with E-state index in [1.807, 2.05) is 0 Å². The molecule has 52 heavy (non-hydrogen) atoms. The molecule has 1 nitrogen and oxygen atoms in total. The number of hydrogen-bond donors (Lipinski definition) is 0. The van der Waals surface area contributed by atoms with Crippen LogP contribution in [0.4, 0.5) is 17.1 Å². The number of nitrogens with zero attached hydrogens (tertiary/aromatic N) is 1. The van der Waals surface area contributed by atoms with Gasteiger partial charge >= 0.3 is 0 Å². The van der Waals surface area contributed by atoms with Crippen molar-refractivity contribution in [3.05, 3.63) is 186 Å². The first-order chi connectivity index (χ1) is 25.8. The molecule has 0 fully saturated rings. The number of hydrogen-bond acceptors (Lipinski definition) is 4. The van der Waals surface area contributed by atoms with E-state index in [4.69, 9.17) is 0 Å². The van der Waals surface area contributed by atoms with Gasteiger partial charge in [-0.3, -0.25) is 0 Å². The lowest BCUT2D eigenvalue weighted by Gasteiger charge is -2.26. The van der Waals surface area contributed by atoms with Gasteiger partial charge in [-0.25, -0.2) is 0 Å². The Hall–Kier alpha value is -5.78. The van der Waals surface area contributed by atoms with Gasteiger partial charge in [-0.2, -0.15) is 0 Å². The minimum Gasteiger partial charge on any atom is -0.311 e. The topological polar surface area (TPSA) is 3.24 Å². The van der Waals surface area contributed by atoms with Crippen LogP contribution in [0.2, 0.25) is 0 Å². The van der Waals surface area contributed by atoms with Crippen molar-refractivity contribution >= 4 is 81.3 Å². The van der Waals surface area contributed by atoms with Gasteiger partial charge < -0.3 is 4.90 Å². The first-order valence-corrected chi connectivity index (χ1v) is 20.0. The van der Waals surface area contributed by atoms with Gasteiger partial charge in [-0.15, -0.1) is 34.0 Å². The average Bonchev–Trinajstić information content (AvgIpc) is 3.97. The molecule has 0 bridgehead atoms. The molecule has 0 aliphatic heterocycles. The summed E-state index contributed by atoms with van der Waals surface area (Å²) in [6.45, 7) is 0. The monoisotopic (exact) mass is 717 g/mol. The van der Waals surface area contributed by atoms with E-state index in [-0.39, 0.29) is 0 Å². The van der Waals surface area contributed by atoms with E-state index >= 15 is 0 Å². The minimum absolute atomic E-state index is 1.12. The molecule has 0 N–H and O–H groups in total. The van der Waals surface area contributed by atoms with Crippen LogP contribution < -0.4 is 4.90 Å². The number of anilines is 3. The Bertz CT molecular complexity index is 2700. The van der Waals surface area contributed by atoms with Crippen molar-refractivity contribution < 1.29 is 0 Å². The highest BCUT2D eigenvalue weighted by Gasteiger charge is 2.16. The van der Waals surface area contributed by atoms with E-state index in [1.165, 1.54) is 74.8 Å². The Balaban J connectivity index is 0.997. The third-order valence-electron chi connectivity index (χ3n) is 9.97. The van der Waals surface area contributed by atoms with E-state index in [2.05, 4.69) is 191 Å². The summed E-state index contributed by atoms with van der Waals surface area (Å²) in [7, 11) is 0. The first-order valence-electron chi connectivity index (χ1n) is 17.4. The molecule has 0 unspecified atom stereocenters. The second-order valence-electron chi connectivity index (χ2n) is 13.0. The number of thiophene rings is 3. The quantitative estimate of drug-likeness (QED) is 0.159. The normalized spacial score (nSPS) is 11.5. The SMILES string of the molecule is c1ccc2c(-c3ccc(-c4ccc(N(c5ccc(-c6csc7ccccc67)cc5)c5ccc(-c6csc7ccccc67)cc5)cc4)cc3)csc2c1. The van der Waals surface area contributed by atoms with E-state index in [0.29, 0.717) is 0 Å². The molecule has 0 amide bonds. The summed E-state index contributed by atoms with van der Waals surface area (Å²) in [6, 6.07) is 62.0. The lowest BCUT2D eigenvalue weighted by molar-refractivity contribution is 1.28. The van der Waals surface area contributed by atoms with Crippen LogP contribution in [0.15, 0.2) is 186 Å².